The van der Waals surface area contributed by atoms with E-state index in [1.807, 2.05) is 6.07 Å². The van der Waals surface area contributed by atoms with E-state index in [0.717, 1.165) is 15.4 Å². The van der Waals surface area contributed by atoms with Gasteiger partial charge in [0.25, 0.3) is 0 Å². The van der Waals surface area contributed by atoms with Gasteiger partial charge in [-0.1, -0.05) is 11.6 Å². The Hall–Kier alpha value is -0.650. The lowest BCUT2D eigenvalue weighted by molar-refractivity contribution is 0.585. The summed E-state index contributed by atoms with van der Waals surface area (Å²) in [6, 6.07) is 5.29. The Labute approximate surface area is 115 Å². The summed E-state index contributed by atoms with van der Waals surface area (Å²) >= 11 is 10.6. The number of rotatable bonds is 3. The van der Waals surface area contributed by atoms with E-state index < -0.39 is 11.6 Å². The van der Waals surface area contributed by atoms with E-state index in [1.54, 1.807) is 0 Å². The third kappa shape index (κ3) is 3.18. The van der Waals surface area contributed by atoms with Crippen LogP contribution in [-0.4, -0.2) is 0 Å². The Bertz CT molecular complexity index is 525. The highest BCUT2D eigenvalue weighted by molar-refractivity contribution is 9.10. The van der Waals surface area contributed by atoms with Gasteiger partial charge in [0.15, 0.2) is 0 Å². The van der Waals surface area contributed by atoms with Gasteiger partial charge in [-0.25, -0.2) is 8.78 Å². The fourth-order valence-corrected chi connectivity index (χ4v) is 3.02. The van der Waals surface area contributed by atoms with Gasteiger partial charge in [0.1, 0.15) is 16.0 Å². The Balaban J connectivity index is 2.07. The predicted molar refractivity (Wildman–Crippen MR) is 70.7 cm³/mol. The zero-order valence-corrected chi connectivity index (χ0v) is 11.6. The van der Waals surface area contributed by atoms with Crippen LogP contribution in [0.2, 0.25) is 4.34 Å². The van der Waals surface area contributed by atoms with Gasteiger partial charge in [-0.2, -0.15) is 0 Å². The van der Waals surface area contributed by atoms with Crippen molar-refractivity contribution >= 4 is 44.6 Å². The summed E-state index contributed by atoms with van der Waals surface area (Å²) in [6.45, 7) is 0.443. The molecule has 6 heteroatoms. The molecule has 0 aliphatic rings. The highest BCUT2D eigenvalue weighted by Gasteiger charge is 2.06. The van der Waals surface area contributed by atoms with Gasteiger partial charge < -0.3 is 5.32 Å². The minimum Gasteiger partial charge on any atom is -0.378 e. The third-order valence-electron chi connectivity index (χ3n) is 2.08. The van der Waals surface area contributed by atoms with Gasteiger partial charge in [0, 0.05) is 22.0 Å². The van der Waals surface area contributed by atoms with E-state index in [0.29, 0.717) is 10.9 Å². The number of anilines is 1. The molecule has 0 spiro atoms. The van der Waals surface area contributed by atoms with Crippen LogP contribution in [0.4, 0.5) is 14.5 Å². The molecule has 0 bridgehead atoms. The van der Waals surface area contributed by atoms with Crippen molar-refractivity contribution in [1.82, 2.24) is 0 Å². The molecule has 90 valence electrons. The third-order valence-corrected chi connectivity index (χ3v) is 4.56. The zero-order chi connectivity index (χ0) is 12.4. The molecule has 0 radical (unpaired) electrons. The van der Waals surface area contributed by atoms with Crippen LogP contribution in [0, 0.1) is 11.6 Å². The number of thiophene rings is 1. The summed E-state index contributed by atoms with van der Waals surface area (Å²) in [6.07, 6.45) is 0. The summed E-state index contributed by atoms with van der Waals surface area (Å²) in [5.41, 5.74) is 0.270. The Morgan fingerprint density at radius 1 is 1.29 bits per heavy atom. The van der Waals surface area contributed by atoms with Crippen LogP contribution in [0.25, 0.3) is 0 Å². The van der Waals surface area contributed by atoms with E-state index in [1.165, 1.54) is 23.5 Å². The van der Waals surface area contributed by atoms with Crippen LogP contribution >= 0.6 is 38.9 Å². The maximum Gasteiger partial charge on any atom is 0.149 e. The molecule has 2 rings (SSSR count). The summed E-state index contributed by atoms with van der Waals surface area (Å²) in [5.74, 6) is -1.19. The molecule has 0 saturated carbocycles. The summed E-state index contributed by atoms with van der Waals surface area (Å²) in [5, 5.41) is 2.89. The first-order valence-corrected chi connectivity index (χ1v) is 6.67. The monoisotopic (exact) mass is 337 g/mol. The lowest BCUT2D eigenvalue weighted by Gasteiger charge is -2.05. The largest absolute Gasteiger partial charge is 0.378 e. The van der Waals surface area contributed by atoms with E-state index in [4.69, 9.17) is 11.6 Å². The molecule has 0 saturated heterocycles. The molecule has 1 aromatic carbocycles. The van der Waals surface area contributed by atoms with Crippen molar-refractivity contribution in [1.29, 1.82) is 0 Å². The molecular formula is C11H7BrClF2NS. The summed E-state index contributed by atoms with van der Waals surface area (Å²) < 4.78 is 27.5. The average Bonchev–Trinajstić information content (AvgIpc) is 2.57. The van der Waals surface area contributed by atoms with Crippen LogP contribution in [-0.2, 0) is 6.54 Å². The Morgan fingerprint density at radius 3 is 2.65 bits per heavy atom. The Morgan fingerprint density at radius 2 is 2.06 bits per heavy atom. The smallest absolute Gasteiger partial charge is 0.149 e. The summed E-state index contributed by atoms with van der Waals surface area (Å²) in [7, 11) is 0. The topological polar surface area (TPSA) is 12.0 Å². The van der Waals surface area contributed by atoms with Gasteiger partial charge >= 0.3 is 0 Å². The minimum atomic E-state index is -0.605. The number of nitrogens with one attached hydrogen (secondary N) is 1. The molecule has 17 heavy (non-hydrogen) atoms. The zero-order valence-electron chi connectivity index (χ0n) is 8.44. The first kappa shape index (κ1) is 12.8. The van der Waals surface area contributed by atoms with Crippen molar-refractivity contribution in [3.63, 3.8) is 0 Å². The number of hydrogen-bond acceptors (Lipinski definition) is 2. The van der Waals surface area contributed by atoms with Crippen LogP contribution in [0.3, 0.4) is 0 Å². The molecule has 0 aliphatic carbocycles. The lowest BCUT2D eigenvalue weighted by Crippen LogP contribution is -2.00. The number of benzene rings is 1. The molecule has 2 aromatic rings. The van der Waals surface area contributed by atoms with Gasteiger partial charge in [0.2, 0.25) is 0 Å². The average molecular weight is 339 g/mol. The highest BCUT2D eigenvalue weighted by atomic mass is 79.9. The van der Waals surface area contributed by atoms with Crippen molar-refractivity contribution in [2.75, 3.05) is 5.32 Å². The van der Waals surface area contributed by atoms with Crippen LogP contribution in [0.1, 0.15) is 4.88 Å². The molecule has 0 unspecified atom stereocenters. The maximum atomic E-state index is 13.3. The molecule has 1 heterocycles. The normalized spacial score (nSPS) is 10.6. The maximum absolute atomic E-state index is 13.3. The van der Waals surface area contributed by atoms with E-state index >= 15 is 0 Å². The van der Waals surface area contributed by atoms with Crippen LogP contribution in [0.15, 0.2) is 28.7 Å². The van der Waals surface area contributed by atoms with Gasteiger partial charge in [-0.05, 0) is 34.1 Å². The van der Waals surface area contributed by atoms with Crippen molar-refractivity contribution in [3.8, 4) is 0 Å². The van der Waals surface area contributed by atoms with E-state index in [2.05, 4.69) is 21.2 Å². The van der Waals surface area contributed by atoms with E-state index in [-0.39, 0.29) is 5.69 Å². The summed E-state index contributed by atoms with van der Waals surface area (Å²) in [4.78, 5) is 0.964. The highest BCUT2D eigenvalue weighted by Crippen LogP contribution is 2.32. The molecule has 1 N–H and O–H groups in total. The molecule has 0 amide bonds. The second-order valence-electron chi connectivity index (χ2n) is 3.31. The van der Waals surface area contributed by atoms with Gasteiger partial charge in [0.05, 0.1) is 5.69 Å². The lowest BCUT2D eigenvalue weighted by atomic mass is 10.3. The second kappa shape index (κ2) is 5.33. The SMILES string of the molecule is Fc1ccc(NCc2cc(Br)c(Cl)s2)c(F)c1. The fourth-order valence-electron chi connectivity index (χ4n) is 1.29. The molecule has 0 fully saturated rings. The van der Waals surface area contributed by atoms with E-state index in [9.17, 15) is 8.78 Å². The van der Waals surface area contributed by atoms with Crippen molar-refractivity contribution in [2.45, 2.75) is 6.54 Å². The molecule has 0 atom stereocenters. The first-order valence-electron chi connectivity index (χ1n) is 4.69. The van der Waals surface area contributed by atoms with Crippen molar-refractivity contribution < 1.29 is 8.78 Å². The second-order valence-corrected chi connectivity index (χ2v) is 5.91. The Kier molecular flexibility index (Phi) is 4.01. The van der Waals surface area contributed by atoms with Crippen LogP contribution in [0.5, 0.6) is 0 Å². The molecule has 1 nitrogen and oxygen atoms in total. The standard InChI is InChI=1S/C11H7BrClF2NS/c12-8-4-7(17-11(8)13)5-16-10-2-1-6(14)3-9(10)15/h1-4,16H,5H2. The predicted octanol–water partition coefficient (Wildman–Crippen LogP) is 5.05. The fraction of sp³-hybridized carbons (Fsp3) is 0.0909. The molecule has 1 aromatic heterocycles. The minimum absolute atomic E-state index is 0.270. The quantitative estimate of drug-likeness (QED) is 0.825. The van der Waals surface area contributed by atoms with Crippen molar-refractivity contribution in [2.24, 2.45) is 0 Å². The number of halogens is 4. The van der Waals surface area contributed by atoms with Crippen molar-refractivity contribution in [3.05, 3.63) is 49.6 Å². The first-order chi connectivity index (χ1) is 8.06. The van der Waals surface area contributed by atoms with Crippen LogP contribution < -0.4 is 5.32 Å². The van der Waals surface area contributed by atoms with Gasteiger partial charge in [-0.3, -0.25) is 0 Å². The molecular weight excluding hydrogens is 332 g/mol. The molecule has 0 aliphatic heterocycles. The van der Waals surface area contributed by atoms with Gasteiger partial charge in [-0.15, -0.1) is 11.3 Å². The number of hydrogen-bond donors (Lipinski definition) is 1.